The van der Waals surface area contributed by atoms with E-state index in [9.17, 15) is 0 Å². The fourth-order valence-electron chi connectivity index (χ4n) is 1.45. The monoisotopic (exact) mass is 282 g/mol. The normalized spacial score (nSPS) is 11.6. The molecule has 0 saturated heterocycles. The molecule has 0 aliphatic rings. The standard InChI is InChI=1S/C10H11ClN6O2/c1-17-14-8(13-16-17)5-19-7-4-2-3-6(11)9(7)10(12)15-18/h2-4,18H,5H2,1H3,(H2,12,15). The number of tetrazole rings is 1. The summed E-state index contributed by atoms with van der Waals surface area (Å²) in [5.74, 6) is 0.649. The molecule has 8 nitrogen and oxygen atoms in total. The third kappa shape index (κ3) is 2.91. The van der Waals surface area contributed by atoms with Gasteiger partial charge in [-0.25, -0.2) is 0 Å². The van der Waals surface area contributed by atoms with Gasteiger partial charge in [0.15, 0.2) is 12.4 Å². The van der Waals surface area contributed by atoms with Gasteiger partial charge < -0.3 is 15.7 Å². The molecule has 2 rings (SSSR count). The first-order valence-corrected chi connectivity index (χ1v) is 5.61. The zero-order valence-corrected chi connectivity index (χ0v) is 10.7. The van der Waals surface area contributed by atoms with Crippen LogP contribution < -0.4 is 10.5 Å². The molecule has 1 heterocycles. The Hall–Kier alpha value is -2.35. The van der Waals surface area contributed by atoms with Crippen LogP contribution in [0.2, 0.25) is 5.02 Å². The van der Waals surface area contributed by atoms with E-state index < -0.39 is 0 Å². The first kappa shape index (κ1) is 13.1. The lowest BCUT2D eigenvalue weighted by molar-refractivity contribution is 0.293. The van der Waals surface area contributed by atoms with Gasteiger partial charge >= 0.3 is 0 Å². The van der Waals surface area contributed by atoms with E-state index in [1.807, 2.05) is 0 Å². The van der Waals surface area contributed by atoms with Gasteiger partial charge in [0, 0.05) is 0 Å². The lowest BCUT2D eigenvalue weighted by Gasteiger charge is -2.10. The predicted octanol–water partition coefficient (Wildman–Crippen LogP) is 0.537. The minimum Gasteiger partial charge on any atom is -0.485 e. The van der Waals surface area contributed by atoms with E-state index in [4.69, 9.17) is 27.3 Å². The number of benzene rings is 1. The van der Waals surface area contributed by atoms with E-state index in [0.29, 0.717) is 22.2 Å². The Morgan fingerprint density at radius 1 is 1.58 bits per heavy atom. The SMILES string of the molecule is Cn1nnc(COc2cccc(Cl)c2/C(N)=N/O)n1. The Morgan fingerprint density at radius 3 is 3.00 bits per heavy atom. The highest BCUT2D eigenvalue weighted by molar-refractivity contribution is 6.34. The van der Waals surface area contributed by atoms with E-state index in [2.05, 4.69) is 20.6 Å². The molecule has 1 aromatic carbocycles. The number of rotatable bonds is 4. The van der Waals surface area contributed by atoms with E-state index in [1.165, 1.54) is 4.80 Å². The summed E-state index contributed by atoms with van der Waals surface area (Å²) in [6, 6.07) is 4.95. The highest BCUT2D eigenvalue weighted by Gasteiger charge is 2.13. The third-order valence-corrected chi connectivity index (χ3v) is 2.56. The van der Waals surface area contributed by atoms with Gasteiger partial charge in [-0.3, -0.25) is 0 Å². The van der Waals surface area contributed by atoms with Crippen LogP contribution >= 0.6 is 11.6 Å². The molecule has 1 aromatic heterocycles. The second kappa shape index (κ2) is 5.53. The van der Waals surface area contributed by atoms with Gasteiger partial charge in [-0.05, 0) is 17.3 Å². The molecule has 19 heavy (non-hydrogen) atoms. The molecular weight excluding hydrogens is 272 g/mol. The van der Waals surface area contributed by atoms with Gasteiger partial charge in [0.25, 0.3) is 0 Å². The highest BCUT2D eigenvalue weighted by atomic mass is 35.5. The minimum absolute atomic E-state index is 0.0971. The van der Waals surface area contributed by atoms with E-state index >= 15 is 0 Å². The van der Waals surface area contributed by atoms with Crippen LogP contribution in [0.4, 0.5) is 0 Å². The van der Waals surface area contributed by atoms with Gasteiger partial charge in [0.2, 0.25) is 5.82 Å². The summed E-state index contributed by atoms with van der Waals surface area (Å²) in [5.41, 5.74) is 5.87. The minimum atomic E-state index is -0.132. The molecule has 2 aromatic rings. The van der Waals surface area contributed by atoms with Crippen LogP contribution in [0.5, 0.6) is 5.75 Å². The third-order valence-electron chi connectivity index (χ3n) is 2.25. The molecule has 0 bridgehead atoms. The van der Waals surface area contributed by atoms with Crippen LogP contribution in [0.25, 0.3) is 0 Å². The molecule has 0 saturated carbocycles. The molecule has 9 heteroatoms. The number of ether oxygens (including phenoxy) is 1. The van der Waals surface area contributed by atoms with E-state index in [0.717, 1.165) is 0 Å². The summed E-state index contributed by atoms with van der Waals surface area (Å²) in [7, 11) is 1.65. The Kier molecular flexibility index (Phi) is 3.81. The Balaban J connectivity index is 2.23. The molecule has 0 aliphatic heterocycles. The first-order valence-electron chi connectivity index (χ1n) is 5.24. The molecule has 0 fully saturated rings. The fraction of sp³-hybridized carbons (Fsp3) is 0.200. The zero-order chi connectivity index (χ0) is 13.8. The molecular formula is C10H11ClN6O2. The van der Waals surface area contributed by atoms with Gasteiger partial charge in [-0.15, -0.1) is 10.2 Å². The van der Waals surface area contributed by atoms with Gasteiger partial charge in [-0.1, -0.05) is 22.8 Å². The Morgan fingerprint density at radius 2 is 2.37 bits per heavy atom. The van der Waals surface area contributed by atoms with Crippen LogP contribution in [0.15, 0.2) is 23.4 Å². The van der Waals surface area contributed by atoms with Crippen molar-refractivity contribution in [1.29, 1.82) is 0 Å². The average Bonchev–Trinajstić information content (AvgIpc) is 2.81. The molecule has 100 valence electrons. The first-order chi connectivity index (χ1) is 9.11. The van der Waals surface area contributed by atoms with Crippen LogP contribution in [-0.4, -0.2) is 31.3 Å². The van der Waals surface area contributed by atoms with E-state index in [-0.39, 0.29) is 12.4 Å². The summed E-state index contributed by atoms with van der Waals surface area (Å²) in [6.45, 7) is 0.0971. The summed E-state index contributed by atoms with van der Waals surface area (Å²) in [5, 5.41) is 23.4. The number of aryl methyl sites for hydroxylation is 1. The molecule has 3 N–H and O–H groups in total. The van der Waals surface area contributed by atoms with Crippen LogP contribution in [-0.2, 0) is 13.7 Å². The lowest BCUT2D eigenvalue weighted by Crippen LogP contribution is -2.15. The molecule has 0 radical (unpaired) electrons. The summed E-state index contributed by atoms with van der Waals surface area (Å²) in [4.78, 5) is 1.32. The summed E-state index contributed by atoms with van der Waals surface area (Å²) in [6.07, 6.45) is 0. The van der Waals surface area contributed by atoms with Gasteiger partial charge in [0.1, 0.15) is 5.75 Å². The van der Waals surface area contributed by atoms with Crippen molar-refractivity contribution in [3.05, 3.63) is 34.6 Å². The maximum atomic E-state index is 8.74. The van der Waals surface area contributed by atoms with Crippen molar-refractivity contribution in [2.24, 2.45) is 17.9 Å². The van der Waals surface area contributed by atoms with Crippen LogP contribution in [0.3, 0.4) is 0 Å². The number of hydrogen-bond acceptors (Lipinski definition) is 6. The maximum absolute atomic E-state index is 8.74. The number of oxime groups is 1. The average molecular weight is 283 g/mol. The van der Waals surface area contributed by atoms with Gasteiger partial charge in [0.05, 0.1) is 17.6 Å². The Labute approximate surface area is 113 Å². The molecule has 0 unspecified atom stereocenters. The zero-order valence-electron chi connectivity index (χ0n) is 9.99. The predicted molar refractivity (Wildman–Crippen MR) is 67.1 cm³/mol. The number of hydrogen-bond donors (Lipinski definition) is 2. The summed E-state index contributed by atoms with van der Waals surface area (Å²) < 4.78 is 5.51. The van der Waals surface area contributed by atoms with Crippen molar-refractivity contribution in [1.82, 2.24) is 20.2 Å². The molecule has 0 spiro atoms. The summed E-state index contributed by atoms with van der Waals surface area (Å²) >= 11 is 5.99. The number of halogens is 1. The Bertz CT molecular complexity index is 612. The largest absolute Gasteiger partial charge is 0.485 e. The quantitative estimate of drug-likeness (QED) is 0.366. The lowest BCUT2D eigenvalue weighted by atomic mass is 10.2. The topological polar surface area (TPSA) is 111 Å². The van der Waals surface area contributed by atoms with Crippen molar-refractivity contribution in [3.8, 4) is 5.75 Å². The maximum Gasteiger partial charge on any atom is 0.212 e. The van der Waals surface area contributed by atoms with Crippen LogP contribution in [0.1, 0.15) is 11.4 Å². The molecule has 0 aliphatic carbocycles. The van der Waals surface area contributed by atoms with Crippen molar-refractivity contribution in [3.63, 3.8) is 0 Å². The second-order valence-corrected chi connectivity index (χ2v) is 3.99. The van der Waals surface area contributed by atoms with Crippen molar-refractivity contribution < 1.29 is 9.94 Å². The second-order valence-electron chi connectivity index (χ2n) is 3.58. The van der Waals surface area contributed by atoms with Gasteiger partial charge in [-0.2, -0.15) is 4.80 Å². The van der Waals surface area contributed by atoms with Crippen LogP contribution in [0, 0.1) is 0 Å². The number of nitrogens with zero attached hydrogens (tertiary/aromatic N) is 5. The van der Waals surface area contributed by atoms with E-state index in [1.54, 1.807) is 25.2 Å². The highest BCUT2D eigenvalue weighted by Crippen LogP contribution is 2.26. The smallest absolute Gasteiger partial charge is 0.212 e. The van der Waals surface area contributed by atoms with Crippen molar-refractivity contribution >= 4 is 17.4 Å². The molecule has 0 amide bonds. The number of aromatic nitrogens is 4. The number of nitrogens with two attached hydrogens (primary N) is 1. The van der Waals surface area contributed by atoms with Crippen molar-refractivity contribution in [2.45, 2.75) is 6.61 Å². The fourth-order valence-corrected chi connectivity index (χ4v) is 1.71. The molecule has 0 atom stereocenters. The van der Waals surface area contributed by atoms with Crippen molar-refractivity contribution in [2.75, 3.05) is 0 Å². The number of amidine groups is 1.